The van der Waals surface area contributed by atoms with Crippen molar-refractivity contribution >= 4 is 23.3 Å². The van der Waals surface area contributed by atoms with E-state index in [1.807, 2.05) is 0 Å². The van der Waals surface area contributed by atoms with Crippen LogP contribution in [-0.4, -0.2) is 28.4 Å². The molecule has 11 heteroatoms. The quantitative estimate of drug-likeness (QED) is 0.486. The highest BCUT2D eigenvalue weighted by atomic mass is 32.1. The lowest BCUT2D eigenvalue weighted by Crippen LogP contribution is -2.40. The first-order valence-corrected chi connectivity index (χ1v) is 10.6. The van der Waals surface area contributed by atoms with Crippen LogP contribution in [0.2, 0.25) is 0 Å². The minimum Gasteiger partial charge on any atom is -0.486 e. The van der Waals surface area contributed by atoms with E-state index in [1.54, 1.807) is 12.3 Å². The number of nitrogens with one attached hydrogen (secondary N) is 1. The fraction of sp³-hybridized carbons (Fsp3) is 0.227. The van der Waals surface area contributed by atoms with Crippen molar-refractivity contribution in [2.24, 2.45) is 0 Å². The van der Waals surface area contributed by atoms with Crippen LogP contribution in [-0.2, 0) is 23.5 Å². The van der Waals surface area contributed by atoms with Crippen LogP contribution in [0.3, 0.4) is 0 Å². The number of carbonyl (C=O) groups is 2. The molecule has 1 aliphatic rings. The van der Waals surface area contributed by atoms with E-state index in [0.29, 0.717) is 22.0 Å². The summed E-state index contributed by atoms with van der Waals surface area (Å²) in [6.45, 7) is -1.31. The van der Waals surface area contributed by atoms with Gasteiger partial charge in [0.1, 0.15) is 34.5 Å². The molecule has 1 aromatic heterocycles. The van der Waals surface area contributed by atoms with Crippen LogP contribution in [0.1, 0.15) is 23.2 Å². The fourth-order valence-corrected chi connectivity index (χ4v) is 4.03. The molecule has 0 aliphatic carbocycles. The van der Waals surface area contributed by atoms with Gasteiger partial charge in [0.05, 0.1) is 12.2 Å². The van der Waals surface area contributed by atoms with Crippen molar-refractivity contribution in [1.82, 2.24) is 15.2 Å². The lowest BCUT2D eigenvalue weighted by atomic mass is 9.92. The minimum atomic E-state index is -2.96. The number of thiazole rings is 1. The summed E-state index contributed by atoms with van der Waals surface area (Å²) < 4.78 is 47.6. The zero-order valence-corrected chi connectivity index (χ0v) is 18.1. The number of urea groups is 1. The molecule has 1 unspecified atom stereocenters. The Morgan fingerprint density at radius 1 is 1.09 bits per heavy atom. The van der Waals surface area contributed by atoms with E-state index in [4.69, 9.17) is 4.74 Å². The Balaban J connectivity index is 1.41. The summed E-state index contributed by atoms with van der Waals surface area (Å²) >= 11 is 1.31. The summed E-state index contributed by atoms with van der Waals surface area (Å²) in [6, 6.07) is 10.5. The van der Waals surface area contributed by atoms with Crippen molar-refractivity contribution in [3.05, 3.63) is 76.0 Å². The zero-order valence-electron chi connectivity index (χ0n) is 17.3. The number of benzene rings is 2. The number of ether oxygens (including phenoxy) is 2. The number of alkyl halides is 2. The van der Waals surface area contributed by atoms with Gasteiger partial charge in [0.2, 0.25) is 0 Å². The van der Waals surface area contributed by atoms with Gasteiger partial charge in [-0.05, 0) is 48.9 Å². The molecule has 3 aromatic rings. The van der Waals surface area contributed by atoms with Gasteiger partial charge in [-0.2, -0.15) is 8.78 Å². The van der Waals surface area contributed by atoms with Crippen LogP contribution in [0.15, 0.2) is 53.9 Å². The van der Waals surface area contributed by atoms with E-state index < -0.39 is 24.1 Å². The highest BCUT2D eigenvalue weighted by Gasteiger charge is 2.49. The smallest absolute Gasteiger partial charge is 0.387 e. The monoisotopic (exact) mass is 477 g/mol. The van der Waals surface area contributed by atoms with E-state index in [1.165, 1.54) is 59.9 Å². The number of nitrogens with zero attached hydrogens (tertiary/aromatic N) is 2. The second-order valence-electron chi connectivity index (χ2n) is 7.32. The maximum atomic E-state index is 13.1. The lowest BCUT2D eigenvalue weighted by Gasteiger charge is -2.22. The van der Waals surface area contributed by atoms with Gasteiger partial charge in [-0.3, -0.25) is 9.69 Å². The van der Waals surface area contributed by atoms with E-state index >= 15 is 0 Å². The highest BCUT2D eigenvalue weighted by Crippen LogP contribution is 2.31. The molecular formula is C22H18F3N3O4S. The van der Waals surface area contributed by atoms with E-state index in [9.17, 15) is 22.8 Å². The molecule has 0 radical (unpaired) electrons. The molecule has 33 heavy (non-hydrogen) atoms. The summed E-state index contributed by atoms with van der Waals surface area (Å²) in [6.07, 6.45) is 0. The van der Waals surface area contributed by atoms with Gasteiger partial charge in [-0.1, -0.05) is 12.1 Å². The van der Waals surface area contributed by atoms with Gasteiger partial charge in [0.15, 0.2) is 0 Å². The molecule has 7 nitrogen and oxygen atoms in total. The molecular weight excluding hydrogens is 459 g/mol. The Labute approximate surface area is 190 Å². The van der Waals surface area contributed by atoms with Gasteiger partial charge < -0.3 is 14.8 Å². The van der Waals surface area contributed by atoms with Crippen molar-refractivity contribution in [1.29, 1.82) is 0 Å². The molecule has 2 aromatic carbocycles. The molecule has 4 rings (SSSR count). The highest BCUT2D eigenvalue weighted by molar-refractivity contribution is 7.09. The molecule has 1 N–H and O–H groups in total. The van der Waals surface area contributed by atoms with Crippen LogP contribution >= 0.6 is 11.3 Å². The predicted octanol–water partition coefficient (Wildman–Crippen LogP) is 4.43. The van der Waals surface area contributed by atoms with E-state index in [-0.39, 0.29) is 24.7 Å². The number of halogens is 3. The van der Waals surface area contributed by atoms with Crippen LogP contribution in [0, 0.1) is 5.82 Å². The summed E-state index contributed by atoms with van der Waals surface area (Å²) in [5, 5.41) is 5.00. The number of hydrogen-bond donors (Lipinski definition) is 1. The van der Waals surface area contributed by atoms with Gasteiger partial charge in [0, 0.05) is 5.38 Å². The Kier molecular flexibility index (Phi) is 6.23. The number of amides is 3. The van der Waals surface area contributed by atoms with Crippen molar-refractivity contribution in [3.63, 3.8) is 0 Å². The maximum absolute atomic E-state index is 13.1. The number of aromatic nitrogens is 1. The summed E-state index contributed by atoms with van der Waals surface area (Å²) in [5.74, 6) is -0.421. The molecule has 1 fully saturated rings. The minimum absolute atomic E-state index is 0.0418. The SMILES string of the molecule is CC1(c2ccc(OC(F)F)cc2)NC(=O)N(Cc2csc(COc3ccc(F)cc3)n2)C1=O. The maximum Gasteiger partial charge on any atom is 0.387 e. The third-order valence-electron chi connectivity index (χ3n) is 5.03. The Morgan fingerprint density at radius 3 is 2.42 bits per heavy atom. The normalized spacial score (nSPS) is 18.0. The van der Waals surface area contributed by atoms with Crippen LogP contribution in [0.4, 0.5) is 18.0 Å². The second-order valence-corrected chi connectivity index (χ2v) is 8.27. The Morgan fingerprint density at radius 2 is 1.76 bits per heavy atom. The zero-order chi connectivity index (χ0) is 23.6. The predicted molar refractivity (Wildman–Crippen MR) is 112 cm³/mol. The largest absolute Gasteiger partial charge is 0.486 e. The van der Waals surface area contributed by atoms with E-state index in [2.05, 4.69) is 15.0 Å². The molecule has 1 atom stereocenters. The van der Waals surface area contributed by atoms with Crippen molar-refractivity contribution in [2.45, 2.75) is 32.2 Å². The summed E-state index contributed by atoms with van der Waals surface area (Å²) in [5.41, 5.74) is -0.423. The van der Waals surface area contributed by atoms with Crippen molar-refractivity contribution in [3.8, 4) is 11.5 Å². The molecule has 1 aliphatic heterocycles. The standard InChI is InChI=1S/C22H18F3N3O4S/c1-22(13-2-6-17(7-3-13)32-20(24)25)19(29)28(21(30)27-22)10-15-12-33-18(26-15)11-31-16-8-4-14(23)5-9-16/h2-9,12,20H,10-11H2,1H3,(H,27,30). The first-order chi connectivity index (χ1) is 15.7. The second kappa shape index (κ2) is 9.10. The molecule has 0 saturated carbocycles. The molecule has 1 saturated heterocycles. The number of carbonyl (C=O) groups excluding carboxylic acids is 2. The Hall–Kier alpha value is -3.60. The Bertz CT molecular complexity index is 1150. The number of imide groups is 1. The third-order valence-corrected chi connectivity index (χ3v) is 5.90. The molecule has 2 heterocycles. The molecule has 3 amide bonds. The van der Waals surface area contributed by atoms with Gasteiger partial charge >= 0.3 is 12.6 Å². The van der Waals surface area contributed by atoms with Gasteiger partial charge in [-0.15, -0.1) is 11.3 Å². The lowest BCUT2D eigenvalue weighted by molar-refractivity contribution is -0.131. The topological polar surface area (TPSA) is 80.8 Å². The average Bonchev–Trinajstić information content (AvgIpc) is 3.32. The first-order valence-electron chi connectivity index (χ1n) is 9.76. The van der Waals surface area contributed by atoms with Gasteiger partial charge in [0.25, 0.3) is 5.91 Å². The van der Waals surface area contributed by atoms with E-state index in [0.717, 1.165) is 4.90 Å². The average molecular weight is 477 g/mol. The number of rotatable bonds is 8. The molecule has 172 valence electrons. The summed E-state index contributed by atoms with van der Waals surface area (Å²) in [4.78, 5) is 31.0. The third kappa shape index (κ3) is 4.92. The number of hydrogen-bond acceptors (Lipinski definition) is 6. The molecule has 0 bridgehead atoms. The first kappa shape index (κ1) is 22.6. The van der Waals surface area contributed by atoms with Crippen LogP contribution < -0.4 is 14.8 Å². The van der Waals surface area contributed by atoms with Gasteiger partial charge in [-0.25, -0.2) is 14.2 Å². The van der Waals surface area contributed by atoms with Crippen LogP contribution in [0.5, 0.6) is 11.5 Å². The van der Waals surface area contributed by atoms with Crippen molar-refractivity contribution in [2.75, 3.05) is 0 Å². The fourth-order valence-electron chi connectivity index (χ4n) is 3.33. The van der Waals surface area contributed by atoms with Crippen LogP contribution in [0.25, 0.3) is 0 Å². The summed E-state index contributed by atoms with van der Waals surface area (Å²) in [7, 11) is 0. The van der Waals surface area contributed by atoms with Crippen molar-refractivity contribution < 1.29 is 32.2 Å². The molecule has 0 spiro atoms.